The molecular weight excluding hydrogens is 388 g/mol. The molecule has 1 aliphatic heterocycles. The zero-order valence-electron chi connectivity index (χ0n) is 17.9. The third-order valence-electron chi connectivity index (χ3n) is 7.07. The van der Waals surface area contributed by atoms with Crippen LogP contribution in [0.25, 0.3) is 0 Å². The first-order valence-electron chi connectivity index (χ1n) is 10.5. The Hall–Kier alpha value is -1.96. The third kappa shape index (κ3) is 3.74. The first-order chi connectivity index (χ1) is 14.1. The number of carbonyl (C=O) groups excluding carboxylic acids is 2. The smallest absolute Gasteiger partial charge is 0.333 e. The largest absolute Gasteiger partial charge is 0.459 e. The number of cyclic esters (lactones) is 1. The van der Waals surface area contributed by atoms with Gasteiger partial charge in [-0.15, -0.1) is 0 Å². The molecule has 1 saturated carbocycles. The predicted molar refractivity (Wildman–Crippen MR) is 109 cm³/mol. The van der Waals surface area contributed by atoms with Crippen LogP contribution in [-0.4, -0.2) is 57.8 Å². The van der Waals surface area contributed by atoms with Gasteiger partial charge < -0.3 is 24.8 Å². The van der Waals surface area contributed by atoms with Crippen LogP contribution in [-0.2, 0) is 19.1 Å². The predicted octanol–water partition coefficient (Wildman–Crippen LogP) is 1.96. The fraction of sp³-hybridized carbons (Fsp3) is 0.652. The van der Waals surface area contributed by atoms with Gasteiger partial charge in [0.1, 0.15) is 23.7 Å². The molecule has 0 aromatic rings. The van der Waals surface area contributed by atoms with Gasteiger partial charge in [-0.2, -0.15) is 0 Å². The van der Waals surface area contributed by atoms with Crippen molar-refractivity contribution >= 4 is 11.9 Å². The summed E-state index contributed by atoms with van der Waals surface area (Å²) in [6.07, 6.45) is 8.97. The maximum Gasteiger partial charge on any atom is 0.333 e. The standard InChI is InChI=1S/C23H32O7/c1-15-6-10-22-11-8-18(23(22,28)12-7-15)21(3,30-20(22)27)9-4-5-16(2)19(26)29-14-17(25)13-24/h4-6,9,17-18,24-25,28H,7-8,10-14H2,1-3H3/b9-4+,16-5+/t17-,18-,21-,22+,23-/m0/s1. The van der Waals surface area contributed by atoms with E-state index in [-0.39, 0.29) is 18.5 Å². The molecule has 0 radical (unpaired) electrons. The molecule has 3 N–H and O–H groups in total. The average molecular weight is 421 g/mol. The number of hydrogen-bond donors (Lipinski definition) is 3. The number of aliphatic hydroxyl groups is 3. The van der Waals surface area contributed by atoms with Crippen molar-refractivity contribution in [3.05, 3.63) is 35.5 Å². The minimum absolute atomic E-state index is 0.224. The molecule has 2 fully saturated rings. The second-order valence-corrected chi connectivity index (χ2v) is 9.07. The van der Waals surface area contributed by atoms with E-state index >= 15 is 0 Å². The Morgan fingerprint density at radius 2 is 2.17 bits per heavy atom. The summed E-state index contributed by atoms with van der Waals surface area (Å²) in [6, 6.07) is 0. The number of aliphatic hydroxyl groups excluding tert-OH is 2. The molecule has 1 heterocycles. The van der Waals surface area contributed by atoms with Gasteiger partial charge in [-0.3, -0.25) is 4.79 Å². The molecule has 0 spiro atoms. The Morgan fingerprint density at radius 1 is 1.43 bits per heavy atom. The van der Waals surface area contributed by atoms with Gasteiger partial charge in [0.15, 0.2) is 0 Å². The Morgan fingerprint density at radius 3 is 2.87 bits per heavy atom. The summed E-state index contributed by atoms with van der Waals surface area (Å²) >= 11 is 0. The maximum atomic E-state index is 13.1. The van der Waals surface area contributed by atoms with Gasteiger partial charge in [-0.05, 0) is 59.0 Å². The molecule has 0 aromatic heterocycles. The normalized spacial score (nSPS) is 37.3. The molecule has 1 saturated heterocycles. The zero-order chi connectivity index (χ0) is 22.2. The summed E-state index contributed by atoms with van der Waals surface area (Å²) in [5.41, 5.74) is -1.47. The second kappa shape index (κ2) is 8.29. The minimum atomic E-state index is -1.12. The highest BCUT2D eigenvalue weighted by Gasteiger charge is 2.71. The van der Waals surface area contributed by atoms with E-state index in [1.807, 2.05) is 13.8 Å². The molecule has 166 valence electrons. The van der Waals surface area contributed by atoms with E-state index in [4.69, 9.17) is 14.6 Å². The van der Waals surface area contributed by atoms with Crippen LogP contribution in [0.5, 0.6) is 0 Å². The van der Waals surface area contributed by atoms with Gasteiger partial charge >= 0.3 is 11.9 Å². The van der Waals surface area contributed by atoms with Gasteiger partial charge in [0.05, 0.1) is 12.2 Å². The number of rotatable bonds is 6. The summed E-state index contributed by atoms with van der Waals surface area (Å²) in [5, 5.41) is 29.8. The third-order valence-corrected chi connectivity index (χ3v) is 7.07. The Labute approximate surface area is 177 Å². The van der Waals surface area contributed by atoms with E-state index in [0.717, 1.165) is 6.42 Å². The topological polar surface area (TPSA) is 113 Å². The van der Waals surface area contributed by atoms with E-state index in [9.17, 15) is 19.8 Å². The van der Waals surface area contributed by atoms with Gasteiger partial charge in [0.2, 0.25) is 0 Å². The van der Waals surface area contributed by atoms with E-state index in [2.05, 4.69) is 6.08 Å². The summed E-state index contributed by atoms with van der Waals surface area (Å²) in [5.74, 6) is -1.18. The molecule has 0 aromatic carbocycles. The van der Waals surface area contributed by atoms with Crippen molar-refractivity contribution in [2.24, 2.45) is 11.3 Å². The van der Waals surface area contributed by atoms with Gasteiger partial charge in [0.25, 0.3) is 0 Å². The molecule has 0 unspecified atom stereocenters. The van der Waals surface area contributed by atoms with Crippen molar-refractivity contribution in [1.82, 2.24) is 0 Å². The van der Waals surface area contributed by atoms with Gasteiger partial charge in [-0.25, -0.2) is 4.79 Å². The lowest BCUT2D eigenvalue weighted by molar-refractivity contribution is -0.224. The second-order valence-electron chi connectivity index (χ2n) is 9.07. The summed E-state index contributed by atoms with van der Waals surface area (Å²) in [6.45, 7) is 4.64. The number of allylic oxidation sites excluding steroid dienone is 4. The fourth-order valence-electron chi connectivity index (χ4n) is 5.14. The molecule has 3 aliphatic rings. The molecule has 3 rings (SSSR count). The summed E-state index contributed by atoms with van der Waals surface area (Å²) in [4.78, 5) is 25.1. The van der Waals surface area contributed by atoms with E-state index in [1.54, 1.807) is 25.2 Å². The lowest BCUT2D eigenvalue weighted by Crippen LogP contribution is -2.63. The number of carbonyl (C=O) groups is 2. The quantitative estimate of drug-likeness (QED) is 0.260. The summed E-state index contributed by atoms with van der Waals surface area (Å²) < 4.78 is 10.8. The SMILES string of the molecule is CC1=CC[C@@]23CC[C@@H]([C@](C)(/C=C/C=C(\C)C(=O)OC[C@@H](O)CO)OC2=O)[C@@]3(O)CC1. The summed E-state index contributed by atoms with van der Waals surface area (Å²) in [7, 11) is 0. The van der Waals surface area contributed by atoms with E-state index < -0.39 is 35.3 Å². The Kier molecular flexibility index (Phi) is 6.28. The van der Waals surface area contributed by atoms with Crippen LogP contribution in [0.15, 0.2) is 35.5 Å². The van der Waals surface area contributed by atoms with Crippen molar-refractivity contribution in [3.63, 3.8) is 0 Å². The molecular formula is C23H32O7. The molecule has 5 atom stereocenters. The van der Waals surface area contributed by atoms with E-state index in [1.165, 1.54) is 5.57 Å². The highest BCUT2D eigenvalue weighted by atomic mass is 16.6. The zero-order valence-corrected chi connectivity index (χ0v) is 17.9. The first kappa shape index (κ1) is 22.7. The van der Waals surface area contributed by atoms with E-state index in [0.29, 0.717) is 31.3 Å². The molecule has 30 heavy (non-hydrogen) atoms. The molecule has 7 nitrogen and oxygen atoms in total. The molecule has 2 bridgehead atoms. The van der Waals surface area contributed by atoms with Crippen molar-refractivity contribution in [2.75, 3.05) is 13.2 Å². The molecule has 7 heteroatoms. The highest BCUT2D eigenvalue weighted by molar-refractivity contribution is 5.88. The van der Waals surface area contributed by atoms with Crippen LogP contribution in [0.4, 0.5) is 0 Å². The van der Waals surface area contributed by atoms with Gasteiger partial charge in [-0.1, -0.05) is 23.8 Å². The van der Waals surface area contributed by atoms with Crippen molar-refractivity contribution < 1.29 is 34.4 Å². The van der Waals surface area contributed by atoms with Crippen molar-refractivity contribution in [1.29, 1.82) is 0 Å². The van der Waals surface area contributed by atoms with Crippen LogP contribution in [0.2, 0.25) is 0 Å². The minimum Gasteiger partial charge on any atom is -0.459 e. The van der Waals surface area contributed by atoms with Crippen LogP contribution < -0.4 is 0 Å². The maximum absolute atomic E-state index is 13.1. The fourth-order valence-corrected chi connectivity index (χ4v) is 5.14. The monoisotopic (exact) mass is 420 g/mol. The van der Waals surface area contributed by atoms with Crippen LogP contribution in [0.1, 0.15) is 52.9 Å². The lowest BCUT2D eigenvalue weighted by atomic mass is 9.62. The first-order valence-corrected chi connectivity index (χ1v) is 10.5. The Balaban J connectivity index is 1.77. The van der Waals surface area contributed by atoms with Crippen LogP contribution in [0.3, 0.4) is 0 Å². The van der Waals surface area contributed by atoms with Crippen molar-refractivity contribution in [3.8, 4) is 0 Å². The number of esters is 2. The molecule has 2 aliphatic carbocycles. The molecule has 0 amide bonds. The van der Waals surface area contributed by atoms with Gasteiger partial charge in [0, 0.05) is 11.5 Å². The Bertz CT molecular complexity index is 797. The lowest BCUT2D eigenvalue weighted by Gasteiger charge is -2.52. The highest BCUT2D eigenvalue weighted by Crippen LogP contribution is 2.63. The van der Waals surface area contributed by atoms with Crippen LogP contribution >= 0.6 is 0 Å². The number of hydrogen-bond acceptors (Lipinski definition) is 7. The number of ether oxygens (including phenoxy) is 2. The van der Waals surface area contributed by atoms with Crippen molar-refractivity contribution in [2.45, 2.75) is 70.2 Å². The van der Waals surface area contributed by atoms with Crippen LogP contribution in [0, 0.1) is 11.3 Å². The average Bonchev–Trinajstić information content (AvgIpc) is 2.87.